The van der Waals surface area contributed by atoms with E-state index >= 15 is 0 Å². The standard InChI is InChI=1S/C23H25N7O2/c1-15-12-17-6-7-24-22(20(17)26-15)28-19-13-25-29-21(19)23(31)27-18-4-2-16(3-5-18)14-30-8-10-32-11-9-30/h2-7,12-13,26H,8-11,14H2,1H3,(H,24,28)(H,25,29)(H,27,31). The zero-order valence-electron chi connectivity index (χ0n) is 17.8. The first-order chi connectivity index (χ1) is 15.7. The number of hydrogen-bond acceptors (Lipinski definition) is 6. The van der Waals surface area contributed by atoms with Crippen LogP contribution >= 0.6 is 0 Å². The van der Waals surface area contributed by atoms with E-state index in [4.69, 9.17) is 4.74 Å². The number of pyridine rings is 1. The molecule has 4 heterocycles. The van der Waals surface area contributed by atoms with E-state index in [-0.39, 0.29) is 5.91 Å². The number of rotatable bonds is 6. The summed E-state index contributed by atoms with van der Waals surface area (Å²) in [6.07, 6.45) is 3.31. The van der Waals surface area contributed by atoms with Crippen molar-refractivity contribution in [3.63, 3.8) is 0 Å². The van der Waals surface area contributed by atoms with Crippen LogP contribution < -0.4 is 10.6 Å². The smallest absolute Gasteiger partial charge is 0.275 e. The molecule has 0 unspecified atom stereocenters. The van der Waals surface area contributed by atoms with Crippen molar-refractivity contribution < 1.29 is 9.53 Å². The van der Waals surface area contributed by atoms with E-state index in [0.29, 0.717) is 17.2 Å². The average Bonchev–Trinajstić information content (AvgIpc) is 3.42. The molecule has 0 spiro atoms. The molecule has 164 valence electrons. The highest BCUT2D eigenvalue weighted by atomic mass is 16.5. The Morgan fingerprint density at radius 2 is 2.00 bits per heavy atom. The van der Waals surface area contributed by atoms with Crippen LogP contribution in [0, 0.1) is 6.92 Å². The molecular formula is C23H25N7O2. The van der Waals surface area contributed by atoms with Gasteiger partial charge in [0, 0.05) is 42.6 Å². The summed E-state index contributed by atoms with van der Waals surface area (Å²) >= 11 is 0. The lowest BCUT2D eigenvalue weighted by atomic mass is 10.2. The zero-order valence-corrected chi connectivity index (χ0v) is 17.8. The molecule has 9 nitrogen and oxygen atoms in total. The van der Waals surface area contributed by atoms with Crippen LogP contribution in [0.3, 0.4) is 0 Å². The summed E-state index contributed by atoms with van der Waals surface area (Å²) < 4.78 is 5.40. The maximum absolute atomic E-state index is 12.9. The average molecular weight is 432 g/mol. The first kappa shape index (κ1) is 20.2. The minimum atomic E-state index is -0.277. The quantitative estimate of drug-likeness (QED) is 0.372. The number of carbonyl (C=O) groups is 1. The lowest BCUT2D eigenvalue weighted by molar-refractivity contribution is 0.0342. The Bertz CT molecular complexity index is 1220. The van der Waals surface area contributed by atoms with Crippen LogP contribution in [-0.2, 0) is 11.3 Å². The van der Waals surface area contributed by atoms with Crippen LogP contribution in [0.5, 0.6) is 0 Å². The van der Waals surface area contributed by atoms with Gasteiger partial charge in [-0.2, -0.15) is 5.10 Å². The first-order valence-electron chi connectivity index (χ1n) is 10.6. The summed E-state index contributed by atoms with van der Waals surface area (Å²) in [6.45, 7) is 6.32. The van der Waals surface area contributed by atoms with Gasteiger partial charge < -0.3 is 20.4 Å². The van der Waals surface area contributed by atoms with Crippen molar-refractivity contribution in [1.29, 1.82) is 0 Å². The summed E-state index contributed by atoms with van der Waals surface area (Å²) in [5.41, 5.74) is 4.74. The SMILES string of the molecule is Cc1cc2ccnc(Nc3cn[nH]c3C(=O)Nc3ccc(CN4CCOCC4)cc3)c2[nH]1. The van der Waals surface area contributed by atoms with E-state index in [1.807, 2.05) is 43.3 Å². The number of aromatic amines is 2. The number of ether oxygens (including phenoxy) is 1. The van der Waals surface area contributed by atoms with E-state index < -0.39 is 0 Å². The monoisotopic (exact) mass is 431 g/mol. The second-order valence-electron chi connectivity index (χ2n) is 7.90. The van der Waals surface area contributed by atoms with Gasteiger partial charge in [0.05, 0.1) is 30.6 Å². The Labute approximate surface area is 185 Å². The number of aryl methyl sites for hydroxylation is 1. The second kappa shape index (κ2) is 8.81. The molecule has 1 aliphatic heterocycles. The molecule has 0 saturated carbocycles. The number of amides is 1. The number of anilines is 3. The minimum Gasteiger partial charge on any atom is -0.379 e. The third-order valence-corrected chi connectivity index (χ3v) is 5.52. The predicted molar refractivity (Wildman–Crippen MR) is 123 cm³/mol. The van der Waals surface area contributed by atoms with Gasteiger partial charge in [0.1, 0.15) is 5.69 Å². The maximum atomic E-state index is 12.9. The van der Waals surface area contributed by atoms with Crippen LogP contribution in [0.4, 0.5) is 17.2 Å². The van der Waals surface area contributed by atoms with Crippen molar-refractivity contribution >= 4 is 34.0 Å². The number of nitrogens with zero attached hydrogens (tertiary/aromatic N) is 3. The van der Waals surface area contributed by atoms with E-state index in [1.54, 1.807) is 12.4 Å². The second-order valence-corrected chi connectivity index (χ2v) is 7.90. The molecule has 3 aromatic heterocycles. The molecule has 1 fully saturated rings. The van der Waals surface area contributed by atoms with Crippen molar-refractivity contribution in [2.24, 2.45) is 0 Å². The van der Waals surface area contributed by atoms with Crippen molar-refractivity contribution in [3.8, 4) is 0 Å². The number of nitrogens with one attached hydrogen (secondary N) is 4. The molecule has 32 heavy (non-hydrogen) atoms. The fourth-order valence-corrected chi connectivity index (χ4v) is 3.88. The van der Waals surface area contributed by atoms with Gasteiger partial charge in [0.15, 0.2) is 5.82 Å². The fraction of sp³-hybridized carbons (Fsp3) is 0.261. The van der Waals surface area contributed by atoms with E-state index in [0.717, 1.165) is 55.1 Å². The van der Waals surface area contributed by atoms with Crippen molar-refractivity contribution in [1.82, 2.24) is 25.1 Å². The summed E-state index contributed by atoms with van der Waals surface area (Å²) in [5, 5.41) is 14.0. The summed E-state index contributed by atoms with van der Waals surface area (Å²) in [7, 11) is 0. The van der Waals surface area contributed by atoms with Crippen LogP contribution in [0.1, 0.15) is 21.7 Å². The predicted octanol–water partition coefficient (Wildman–Crippen LogP) is 3.42. The third-order valence-electron chi connectivity index (χ3n) is 5.52. The number of benzene rings is 1. The Kier molecular flexibility index (Phi) is 5.57. The van der Waals surface area contributed by atoms with Crippen molar-refractivity contribution in [3.05, 3.63) is 65.7 Å². The molecule has 0 atom stereocenters. The largest absolute Gasteiger partial charge is 0.379 e. The van der Waals surface area contributed by atoms with E-state index in [9.17, 15) is 4.79 Å². The topological polar surface area (TPSA) is 111 Å². The number of fused-ring (bicyclic) bond motifs is 1. The molecule has 1 saturated heterocycles. The molecule has 1 aliphatic rings. The molecule has 4 aromatic rings. The fourth-order valence-electron chi connectivity index (χ4n) is 3.88. The summed E-state index contributed by atoms with van der Waals surface area (Å²) in [6, 6.07) is 11.9. The highest BCUT2D eigenvalue weighted by Gasteiger charge is 2.17. The molecule has 9 heteroatoms. The van der Waals surface area contributed by atoms with Crippen molar-refractivity contribution in [2.45, 2.75) is 13.5 Å². The lowest BCUT2D eigenvalue weighted by Gasteiger charge is -2.26. The van der Waals surface area contributed by atoms with Gasteiger partial charge in [-0.3, -0.25) is 14.8 Å². The van der Waals surface area contributed by atoms with E-state index in [1.165, 1.54) is 5.56 Å². The highest BCUT2D eigenvalue weighted by Crippen LogP contribution is 2.26. The molecule has 0 bridgehead atoms. The van der Waals surface area contributed by atoms with Crippen LogP contribution in [0.2, 0.25) is 0 Å². The molecule has 5 rings (SSSR count). The molecule has 1 amide bonds. The number of morpholine rings is 1. The van der Waals surface area contributed by atoms with Crippen LogP contribution in [0.15, 0.2) is 48.8 Å². The number of hydrogen-bond donors (Lipinski definition) is 4. The molecule has 0 radical (unpaired) electrons. The normalized spacial score (nSPS) is 14.5. The van der Waals surface area contributed by atoms with Gasteiger partial charge in [-0.15, -0.1) is 0 Å². The van der Waals surface area contributed by atoms with Crippen molar-refractivity contribution in [2.75, 3.05) is 36.9 Å². The Morgan fingerprint density at radius 1 is 1.19 bits per heavy atom. The minimum absolute atomic E-state index is 0.277. The number of H-pyrrole nitrogens is 2. The lowest BCUT2D eigenvalue weighted by Crippen LogP contribution is -2.35. The van der Waals surface area contributed by atoms with Gasteiger partial charge in [-0.05, 0) is 36.8 Å². The zero-order chi connectivity index (χ0) is 21.9. The molecular weight excluding hydrogens is 406 g/mol. The van der Waals surface area contributed by atoms with E-state index in [2.05, 4.69) is 35.7 Å². The molecule has 0 aliphatic carbocycles. The molecule has 1 aromatic carbocycles. The first-order valence-corrected chi connectivity index (χ1v) is 10.6. The van der Waals surface area contributed by atoms with Gasteiger partial charge in [0.2, 0.25) is 0 Å². The highest BCUT2D eigenvalue weighted by molar-refractivity contribution is 6.07. The number of aromatic nitrogens is 4. The Hall–Kier alpha value is -3.69. The van der Waals surface area contributed by atoms with Crippen LogP contribution in [0.25, 0.3) is 10.9 Å². The van der Waals surface area contributed by atoms with Gasteiger partial charge in [-0.25, -0.2) is 4.98 Å². The van der Waals surface area contributed by atoms with Gasteiger partial charge in [-0.1, -0.05) is 12.1 Å². The summed E-state index contributed by atoms with van der Waals surface area (Å²) in [5.74, 6) is 0.360. The van der Waals surface area contributed by atoms with Gasteiger partial charge >= 0.3 is 0 Å². The Morgan fingerprint density at radius 3 is 2.81 bits per heavy atom. The number of carbonyl (C=O) groups excluding carboxylic acids is 1. The van der Waals surface area contributed by atoms with Gasteiger partial charge in [0.25, 0.3) is 5.91 Å². The summed E-state index contributed by atoms with van der Waals surface area (Å²) in [4.78, 5) is 22.9. The third kappa shape index (κ3) is 4.34. The maximum Gasteiger partial charge on any atom is 0.275 e. The Balaban J connectivity index is 1.27. The molecule has 4 N–H and O–H groups in total. The van der Waals surface area contributed by atoms with Crippen LogP contribution in [-0.4, -0.2) is 57.3 Å².